The Morgan fingerprint density at radius 2 is 1.76 bits per heavy atom. The summed E-state index contributed by atoms with van der Waals surface area (Å²) in [7, 11) is -5.62. The van der Waals surface area contributed by atoms with E-state index in [1.165, 1.54) is 0 Å². The summed E-state index contributed by atoms with van der Waals surface area (Å²) in [6, 6.07) is 2.30. The molecule has 0 bridgehead atoms. The van der Waals surface area contributed by atoms with Gasteiger partial charge in [-0.15, -0.1) is 0 Å². The molecule has 3 nitrogen and oxygen atoms in total. The normalized spacial score (nSPS) is 13.3. The number of benzene rings is 1. The molecule has 0 aromatic heterocycles. The van der Waals surface area contributed by atoms with Gasteiger partial charge >= 0.3 is 5.51 Å². The molecule has 0 radical (unpaired) electrons. The molecular formula is C13H17F4NO2S. The molecule has 0 atom stereocenters. The lowest BCUT2D eigenvalue weighted by Gasteiger charge is -2.28. The first-order valence-corrected chi connectivity index (χ1v) is 7.78. The van der Waals surface area contributed by atoms with Crippen LogP contribution in [0.5, 0.6) is 0 Å². The second-order valence-electron chi connectivity index (χ2n) is 5.35. The molecule has 0 saturated heterocycles. The van der Waals surface area contributed by atoms with Crippen LogP contribution < -0.4 is 5.32 Å². The van der Waals surface area contributed by atoms with Gasteiger partial charge in [0, 0.05) is 5.54 Å². The fourth-order valence-electron chi connectivity index (χ4n) is 2.00. The molecule has 1 N–H and O–H groups in total. The number of nitrogens with one attached hydrogen (secondary N) is 1. The molecule has 8 heteroatoms. The van der Waals surface area contributed by atoms with Gasteiger partial charge in [-0.2, -0.15) is 13.2 Å². The van der Waals surface area contributed by atoms with Crippen LogP contribution in [0, 0.1) is 5.82 Å². The number of hydrogen-bond acceptors (Lipinski definition) is 3. The van der Waals surface area contributed by atoms with E-state index in [2.05, 4.69) is 5.32 Å². The quantitative estimate of drug-likeness (QED) is 0.828. The van der Waals surface area contributed by atoms with Crippen molar-refractivity contribution in [2.24, 2.45) is 0 Å². The van der Waals surface area contributed by atoms with E-state index in [1.54, 1.807) is 13.8 Å². The largest absolute Gasteiger partial charge is 0.501 e. The Kier molecular flexibility index (Phi) is 4.92. The first-order chi connectivity index (χ1) is 9.40. The summed E-state index contributed by atoms with van der Waals surface area (Å²) >= 11 is 0. The van der Waals surface area contributed by atoms with E-state index >= 15 is 0 Å². The van der Waals surface area contributed by atoms with Gasteiger partial charge < -0.3 is 5.32 Å². The molecule has 120 valence electrons. The van der Waals surface area contributed by atoms with E-state index in [9.17, 15) is 26.0 Å². The standard InChI is InChI=1S/C13H17F4NO2S/c1-4-7-12(2,3)18-10-6-5-9(14)8-11(10)21(19,20)13(15,16)17/h5-6,8,18H,4,7H2,1-3H3. The monoisotopic (exact) mass is 327 g/mol. The van der Waals surface area contributed by atoms with Crippen molar-refractivity contribution in [2.45, 2.75) is 49.6 Å². The van der Waals surface area contributed by atoms with Gasteiger partial charge in [0.25, 0.3) is 9.84 Å². The van der Waals surface area contributed by atoms with Gasteiger partial charge in [-0.1, -0.05) is 13.3 Å². The van der Waals surface area contributed by atoms with Gasteiger partial charge in [0.1, 0.15) is 10.7 Å². The lowest BCUT2D eigenvalue weighted by Crippen LogP contribution is -2.32. The molecule has 0 unspecified atom stereocenters. The number of alkyl halides is 3. The molecule has 1 aromatic rings. The lowest BCUT2D eigenvalue weighted by molar-refractivity contribution is -0.0435. The fourth-order valence-corrected chi connectivity index (χ4v) is 2.92. The molecule has 0 aliphatic carbocycles. The highest BCUT2D eigenvalue weighted by molar-refractivity contribution is 7.92. The zero-order valence-electron chi connectivity index (χ0n) is 11.9. The van der Waals surface area contributed by atoms with Crippen LogP contribution in [-0.4, -0.2) is 19.5 Å². The summed E-state index contributed by atoms with van der Waals surface area (Å²) in [6.07, 6.45) is 1.36. The second kappa shape index (κ2) is 5.82. The smallest absolute Gasteiger partial charge is 0.379 e. The van der Waals surface area contributed by atoms with Crippen LogP contribution in [0.2, 0.25) is 0 Å². The maximum atomic E-state index is 13.2. The highest BCUT2D eigenvalue weighted by Gasteiger charge is 2.48. The molecule has 1 aromatic carbocycles. The van der Waals surface area contributed by atoms with Crippen LogP contribution >= 0.6 is 0 Å². The topological polar surface area (TPSA) is 46.2 Å². The summed E-state index contributed by atoms with van der Waals surface area (Å²) in [5.74, 6) is -1.04. The van der Waals surface area contributed by atoms with E-state index in [0.29, 0.717) is 12.5 Å². The third-order valence-corrected chi connectivity index (χ3v) is 4.41. The Bertz CT molecular complexity index is 609. The summed E-state index contributed by atoms with van der Waals surface area (Å²) in [6.45, 7) is 5.34. The third kappa shape index (κ3) is 4.09. The molecule has 0 spiro atoms. The predicted octanol–water partition coefficient (Wildman–Crippen LogP) is 4.11. The predicted molar refractivity (Wildman–Crippen MR) is 72.3 cm³/mol. The molecule has 0 aliphatic heterocycles. The molecule has 0 fully saturated rings. The van der Waals surface area contributed by atoms with Crippen LogP contribution in [0.3, 0.4) is 0 Å². The Hall–Kier alpha value is -1.31. The maximum Gasteiger partial charge on any atom is 0.501 e. The minimum Gasteiger partial charge on any atom is -0.379 e. The van der Waals surface area contributed by atoms with E-state index in [0.717, 1.165) is 18.6 Å². The molecule has 0 amide bonds. The Morgan fingerprint density at radius 3 is 2.24 bits per heavy atom. The van der Waals surface area contributed by atoms with Gasteiger partial charge in [0.2, 0.25) is 0 Å². The average molecular weight is 327 g/mol. The van der Waals surface area contributed by atoms with Crippen molar-refractivity contribution >= 4 is 15.5 Å². The van der Waals surface area contributed by atoms with Crippen molar-refractivity contribution in [1.82, 2.24) is 0 Å². The van der Waals surface area contributed by atoms with Crippen molar-refractivity contribution < 1.29 is 26.0 Å². The van der Waals surface area contributed by atoms with E-state index in [-0.39, 0.29) is 5.69 Å². The summed E-state index contributed by atoms with van der Waals surface area (Å²) in [5, 5.41) is 2.75. The van der Waals surface area contributed by atoms with Crippen LogP contribution in [0.4, 0.5) is 23.2 Å². The van der Waals surface area contributed by atoms with Gasteiger partial charge in [-0.05, 0) is 38.5 Å². The number of halogens is 4. The van der Waals surface area contributed by atoms with Gasteiger partial charge in [-0.25, -0.2) is 12.8 Å². The average Bonchev–Trinajstić information content (AvgIpc) is 2.29. The molecule has 0 heterocycles. The van der Waals surface area contributed by atoms with Crippen molar-refractivity contribution in [1.29, 1.82) is 0 Å². The van der Waals surface area contributed by atoms with Crippen LogP contribution in [-0.2, 0) is 9.84 Å². The highest BCUT2D eigenvalue weighted by atomic mass is 32.2. The van der Waals surface area contributed by atoms with Crippen LogP contribution in [0.1, 0.15) is 33.6 Å². The zero-order chi connectivity index (χ0) is 16.5. The SMILES string of the molecule is CCCC(C)(C)Nc1ccc(F)cc1S(=O)(=O)C(F)(F)F. The minimum atomic E-state index is -5.62. The third-order valence-electron chi connectivity index (χ3n) is 2.89. The van der Waals surface area contributed by atoms with Gasteiger partial charge in [-0.3, -0.25) is 0 Å². The number of hydrogen-bond donors (Lipinski definition) is 1. The van der Waals surface area contributed by atoms with Gasteiger partial charge in [0.15, 0.2) is 0 Å². The molecule has 0 aliphatic rings. The van der Waals surface area contributed by atoms with Crippen molar-refractivity contribution in [3.8, 4) is 0 Å². The number of sulfone groups is 1. The summed E-state index contributed by atoms with van der Waals surface area (Å²) in [5.41, 5.74) is -6.36. The van der Waals surface area contributed by atoms with Crippen molar-refractivity contribution in [3.05, 3.63) is 24.0 Å². The molecule has 1 rings (SSSR count). The lowest BCUT2D eigenvalue weighted by atomic mass is 9.98. The molecular weight excluding hydrogens is 310 g/mol. The fraction of sp³-hybridized carbons (Fsp3) is 0.538. The summed E-state index contributed by atoms with van der Waals surface area (Å²) < 4.78 is 74.3. The van der Waals surface area contributed by atoms with Gasteiger partial charge in [0.05, 0.1) is 5.69 Å². The van der Waals surface area contributed by atoms with Crippen molar-refractivity contribution in [2.75, 3.05) is 5.32 Å². The number of rotatable bonds is 5. The van der Waals surface area contributed by atoms with E-state index in [4.69, 9.17) is 0 Å². The minimum absolute atomic E-state index is 0.257. The first-order valence-electron chi connectivity index (χ1n) is 6.30. The Morgan fingerprint density at radius 1 is 1.19 bits per heavy atom. The molecule has 0 saturated carbocycles. The Balaban J connectivity index is 3.37. The van der Waals surface area contributed by atoms with E-state index in [1.807, 2.05) is 6.92 Å². The number of anilines is 1. The van der Waals surface area contributed by atoms with E-state index < -0.39 is 31.6 Å². The first kappa shape index (κ1) is 17.7. The second-order valence-corrected chi connectivity index (χ2v) is 7.26. The molecule has 21 heavy (non-hydrogen) atoms. The van der Waals surface area contributed by atoms with Crippen LogP contribution in [0.25, 0.3) is 0 Å². The maximum absolute atomic E-state index is 13.2. The van der Waals surface area contributed by atoms with Crippen molar-refractivity contribution in [3.63, 3.8) is 0 Å². The Labute approximate surface area is 121 Å². The zero-order valence-corrected chi connectivity index (χ0v) is 12.7. The highest BCUT2D eigenvalue weighted by Crippen LogP contribution is 2.36. The summed E-state index contributed by atoms with van der Waals surface area (Å²) in [4.78, 5) is -1.10. The van der Waals surface area contributed by atoms with Crippen LogP contribution in [0.15, 0.2) is 23.1 Å².